The number of hydrogen-bond donors (Lipinski definition) is 1. The number of carbonyl (C=O) groups is 1. The summed E-state index contributed by atoms with van der Waals surface area (Å²) in [6.07, 6.45) is 2.17. The summed E-state index contributed by atoms with van der Waals surface area (Å²) in [5.41, 5.74) is 2.62. The van der Waals surface area contributed by atoms with E-state index in [9.17, 15) is 4.79 Å². The maximum atomic E-state index is 12.5. The molecule has 0 saturated carbocycles. The first-order chi connectivity index (χ1) is 10.3. The number of amides is 1. The van der Waals surface area contributed by atoms with Gasteiger partial charge in [0, 0.05) is 38.4 Å². The second kappa shape index (κ2) is 6.48. The molecule has 1 N–H and O–H groups in total. The lowest BCUT2D eigenvalue weighted by Gasteiger charge is -2.38. The zero-order valence-corrected chi connectivity index (χ0v) is 12.8. The standard InChI is InChI=1S/C17H25N3O/c1-14-5-2-3-7-16(14)19-9-11-20(12-10-19)17(21)15-6-4-8-18-13-15/h2-3,5,7,15,18H,4,6,8-13H2,1H3. The fraction of sp³-hybridized carbons (Fsp3) is 0.588. The van der Waals surface area contributed by atoms with Crippen molar-refractivity contribution in [1.82, 2.24) is 10.2 Å². The van der Waals surface area contributed by atoms with Gasteiger partial charge in [-0.3, -0.25) is 4.79 Å². The Balaban J connectivity index is 1.57. The predicted molar refractivity (Wildman–Crippen MR) is 85.6 cm³/mol. The third kappa shape index (κ3) is 3.21. The summed E-state index contributed by atoms with van der Waals surface area (Å²) < 4.78 is 0. The van der Waals surface area contributed by atoms with Crippen LogP contribution < -0.4 is 10.2 Å². The summed E-state index contributed by atoms with van der Waals surface area (Å²) in [6, 6.07) is 8.50. The van der Waals surface area contributed by atoms with Crippen LogP contribution in [0.3, 0.4) is 0 Å². The van der Waals surface area contributed by atoms with E-state index in [1.165, 1.54) is 11.3 Å². The Hall–Kier alpha value is -1.55. The molecule has 2 saturated heterocycles. The number of nitrogens with one attached hydrogen (secondary N) is 1. The van der Waals surface area contributed by atoms with Crippen LogP contribution in [0.15, 0.2) is 24.3 Å². The number of carbonyl (C=O) groups excluding carboxylic acids is 1. The maximum Gasteiger partial charge on any atom is 0.227 e. The fourth-order valence-electron chi connectivity index (χ4n) is 3.41. The van der Waals surface area contributed by atoms with Gasteiger partial charge in [-0.1, -0.05) is 18.2 Å². The van der Waals surface area contributed by atoms with Crippen molar-refractivity contribution in [3.05, 3.63) is 29.8 Å². The molecule has 21 heavy (non-hydrogen) atoms. The van der Waals surface area contributed by atoms with E-state index >= 15 is 0 Å². The van der Waals surface area contributed by atoms with E-state index in [-0.39, 0.29) is 5.92 Å². The molecule has 4 nitrogen and oxygen atoms in total. The van der Waals surface area contributed by atoms with Gasteiger partial charge in [0.05, 0.1) is 5.92 Å². The molecule has 2 aliphatic heterocycles. The van der Waals surface area contributed by atoms with Crippen LogP contribution in [-0.4, -0.2) is 50.1 Å². The Morgan fingerprint density at radius 3 is 2.62 bits per heavy atom. The van der Waals surface area contributed by atoms with Crippen LogP contribution in [0.5, 0.6) is 0 Å². The number of nitrogens with zero attached hydrogens (tertiary/aromatic N) is 2. The Bertz CT molecular complexity index is 489. The lowest BCUT2D eigenvalue weighted by Crippen LogP contribution is -2.52. The SMILES string of the molecule is Cc1ccccc1N1CCN(C(=O)C2CCCNC2)CC1. The molecule has 0 radical (unpaired) electrons. The van der Waals surface area contributed by atoms with Gasteiger partial charge in [-0.2, -0.15) is 0 Å². The summed E-state index contributed by atoms with van der Waals surface area (Å²) in [5, 5.41) is 3.34. The van der Waals surface area contributed by atoms with Gasteiger partial charge in [-0.15, -0.1) is 0 Å². The van der Waals surface area contributed by atoms with Gasteiger partial charge in [0.25, 0.3) is 0 Å². The first-order valence-electron chi connectivity index (χ1n) is 8.06. The number of aryl methyl sites for hydroxylation is 1. The minimum absolute atomic E-state index is 0.198. The van der Waals surface area contributed by atoms with Crippen molar-refractivity contribution in [3.8, 4) is 0 Å². The molecular weight excluding hydrogens is 262 g/mol. The van der Waals surface area contributed by atoms with E-state index < -0.39 is 0 Å². The summed E-state index contributed by atoms with van der Waals surface area (Å²) in [7, 11) is 0. The van der Waals surface area contributed by atoms with Crippen molar-refractivity contribution in [2.24, 2.45) is 5.92 Å². The van der Waals surface area contributed by atoms with E-state index in [1.807, 2.05) is 0 Å². The predicted octanol–water partition coefficient (Wildman–Crippen LogP) is 1.64. The molecule has 1 aromatic carbocycles. The maximum absolute atomic E-state index is 12.5. The van der Waals surface area contributed by atoms with Crippen LogP contribution in [0, 0.1) is 12.8 Å². The summed E-state index contributed by atoms with van der Waals surface area (Å²) >= 11 is 0. The lowest BCUT2D eigenvalue weighted by atomic mass is 9.98. The van der Waals surface area contributed by atoms with Gasteiger partial charge in [0.2, 0.25) is 5.91 Å². The molecule has 0 aromatic heterocycles. The highest BCUT2D eigenvalue weighted by Crippen LogP contribution is 2.22. The Kier molecular flexibility index (Phi) is 4.44. The molecular formula is C17H25N3O. The molecule has 0 bridgehead atoms. The van der Waals surface area contributed by atoms with E-state index in [2.05, 4.69) is 46.3 Å². The van der Waals surface area contributed by atoms with E-state index in [1.54, 1.807) is 0 Å². The second-order valence-electron chi connectivity index (χ2n) is 6.14. The number of rotatable bonds is 2. The van der Waals surface area contributed by atoms with Gasteiger partial charge < -0.3 is 15.1 Å². The number of para-hydroxylation sites is 1. The van der Waals surface area contributed by atoms with Crippen molar-refractivity contribution in [3.63, 3.8) is 0 Å². The monoisotopic (exact) mass is 287 g/mol. The molecule has 2 fully saturated rings. The Labute approximate surface area is 127 Å². The largest absolute Gasteiger partial charge is 0.368 e. The molecule has 1 amide bonds. The molecule has 4 heteroatoms. The number of hydrogen-bond acceptors (Lipinski definition) is 3. The molecule has 1 atom stereocenters. The van der Waals surface area contributed by atoms with Crippen LogP contribution in [0.1, 0.15) is 18.4 Å². The van der Waals surface area contributed by atoms with Crippen LogP contribution in [0.2, 0.25) is 0 Å². The van der Waals surface area contributed by atoms with Crippen LogP contribution in [0.25, 0.3) is 0 Å². The minimum atomic E-state index is 0.198. The number of piperidine rings is 1. The van der Waals surface area contributed by atoms with E-state index in [0.29, 0.717) is 5.91 Å². The van der Waals surface area contributed by atoms with Crippen molar-refractivity contribution in [2.75, 3.05) is 44.2 Å². The van der Waals surface area contributed by atoms with E-state index in [0.717, 1.165) is 52.1 Å². The number of anilines is 1. The number of piperazine rings is 1. The zero-order valence-electron chi connectivity index (χ0n) is 12.8. The second-order valence-corrected chi connectivity index (χ2v) is 6.14. The fourth-order valence-corrected chi connectivity index (χ4v) is 3.41. The Morgan fingerprint density at radius 2 is 1.95 bits per heavy atom. The molecule has 1 aromatic rings. The first-order valence-corrected chi connectivity index (χ1v) is 8.06. The van der Waals surface area contributed by atoms with E-state index in [4.69, 9.17) is 0 Å². The third-order valence-electron chi connectivity index (χ3n) is 4.69. The van der Waals surface area contributed by atoms with Crippen LogP contribution >= 0.6 is 0 Å². The first kappa shape index (κ1) is 14.4. The van der Waals surface area contributed by atoms with Gasteiger partial charge in [-0.05, 0) is 37.9 Å². The van der Waals surface area contributed by atoms with Crippen LogP contribution in [0.4, 0.5) is 5.69 Å². The molecule has 2 heterocycles. The van der Waals surface area contributed by atoms with Crippen molar-refractivity contribution in [2.45, 2.75) is 19.8 Å². The normalized spacial score (nSPS) is 23.2. The molecule has 2 aliphatic rings. The molecule has 1 unspecified atom stereocenters. The topological polar surface area (TPSA) is 35.6 Å². The van der Waals surface area contributed by atoms with Crippen molar-refractivity contribution >= 4 is 11.6 Å². The molecule has 114 valence electrons. The highest BCUT2D eigenvalue weighted by atomic mass is 16.2. The highest BCUT2D eigenvalue weighted by molar-refractivity contribution is 5.79. The quantitative estimate of drug-likeness (QED) is 0.898. The van der Waals surface area contributed by atoms with Crippen LogP contribution in [-0.2, 0) is 4.79 Å². The highest BCUT2D eigenvalue weighted by Gasteiger charge is 2.28. The van der Waals surface area contributed by atoms with Crippen molar-refractivity contribution in [1.29, 1.82) is 0 Å². The Morgan fingerprint density at radius 1 is 1.19 bits per heavy atom. The summed E-state index contributed by atoms with van der Waals surface area (Å²) in [6.45, 7) is 7.66. The average Bonchev–Trinajstić information content (AvgIpc) is 2.56. The summed E-state index contributed by atoms with van der Waals surface area (Å²) in [4.78, 5) is 17.0. The van der Waals surface area contributed by atoms with Gasteiger partial charge in [0.1, 0.15) is 0 Å². The van der Waals surface area contributed by atoms with Gasteiger partial charge in [0.15, 0.2) is 0 Å². The smallest absolute Gasteiger partial charge is 0.227 e. The third-order valence-corrected chi connectivity index (χ3v) is 4.69. The zero-order chi connectivity index (χ0) is 14.7. The van der Waals surface area contributed by atoms with Gasteiger partial charge >= 0.3 is 0 Å². The molecule has 3 rings (SSSR count). The minimum Gasteiger partial charge on any atom is -0.368 e. The van der Waals surface area contributed by atoms with Crippen molar-refractivity contribution < 1.29 is 4.79 Å². The molecule has 0 spiro atoms. The van der Waals surface area contributed by atoms with Gasteiger partial charge in [-0.25, -0.2) is 0 Å². The lowest BCUT2D eigenvalue weighted by molar-refractivity contribution is -0.136. The molecule has 0 aliphatic carbocycles. The average molecular weight is 287 g/mol. The summed E-state index contributed by atoms with van der Waals surface area (Å²) in [5.74, 6) is 0.551. The number of benzene rings is 1.